The van der Waals surface area contributed by atoms with Crippen molar-refractivity contribution in [2.75, 3.05) is 0 Å². The van der Waals surface area contributed by atoms with Gasteiger partial charge in [0.05, 0.1) is 0 Å². The summed E-state index contributed by atoms with van der Waals surface area (Å²) in [5.74, 6) is 0. The summed E-state index contributed by atoms with van der Waals surface area (Å²) in [7, 11) is 0. The van der Waals surface area contributed by atoms with Crippen LogP contribution in [0.5, 0.6) is 0 Å². The van der Waals surface area contributed by atoms with Gasteiger partial charge in [0, 0.05) is 0 Å². The van der Waals surface area contributed by atoms with Gasteiger partial charge in [-0.2, -0.15) is 0 Å². The van der Waals surface area contributed by atoms with Crippen LogP contribution in [-0.2, 0) is 0 Å². The monoisotopic (exact) mass is 174 g/mol. The molecule has 0 aromatic heterocycles. The minimum absolute atomic E-state index is 1.09. The van der Waals surface area contributed by atoms with E-state index in [1.165, 1.54) is 0 Å². The van der Waals surface area contributed by atoms with E-state index in [1.54, 1.807) is 0 Å². The molecule has 13 heavy (non-hydrogen) atoms. The van der Waals surface area contributed by atoms with E-state index in [0.717, 1.165) is 32.1 Å². The van der Waals surface area contributed by atoms with E-state index in [4.69, 9.17) is 0 Å². The quantitative estimate of drug-likeness (QED) is 0.483. The van der Waals surface area contributed by atoms with Crippen molar-refractivity contribution in [2.24, 2.45) is 0 Å². The van der Waals surface area contributed by atoms with E-state index >= 15 is 0 Å². The molecule has 0 bridgehead atoms. The SMILES string of the molecule is C1=C\CC/C=C/C/C=C\CC/C=C/1. The smallest absolute Gasteiger partial charge is 0.0169 e. The second-order valence-electron chi connectivity index (χ2n) is 3.19. The number of rotatable bonds is 0. The Morgan fingerprint density at radius 2 is 0.923 bits per heavy atom. The van der Waals surface area contributed by atoms with Gasteiger partial charge in [-0.1, -0.05) is 48.6 Å². The molecule has 0 aromatic rings. The molecule has 0 radical (unpaired) electrons. The third kappa shape index (κ3) is 6.15. The number of allylic oxidation sites excluding steroid dienone is 8. The fraction of sp³-hybridized carbons (Fsp3) is 0.385. The predicted octanol–water partition coefficient (Wildman–Crippen LogP) is 4.18. The van der Waals surface area contributed by atoms with Crippen LogP contribution in [0.2, 0.25) is 0 Å². The summed E-state index contributed by atoms with van der Waals surface area (Å²) >= 11 is 0. The van der Waals surface area contributed by atoms with Crippen LogP contribution in [0.25, 0.3) is 0 Å². The molecule has 0 amide bonds. The van der Waals surface area contributed by atoms with Crippen molar-refractivity contribution >= 4 is 0 Å². The first-order valence-electron chi connectivity index (χ1n) is 5.12. The van der Waals surface area contributed by atoms with E-state index in [2.05, 4.69) is 48.6 Å². The lowest BCUT2D eigenvalue weighted by atomic mass is 10.2. The van der Waals surface area contributed by atoms with Crippen molar-refractivity contribution in [1.29, 1.82) is 0 Å². The van der Waals surface area contributed by atoms with Crippen molar-refractivity contribution in [3.8, 4) is 0 Å². The van der Waals surface area contributed by atoms with Crippen LogP contribution in [0.4, 0.5) is 0 Å². The van der Waals surface area contributed by atoms with Gasteiger partial charge in [-0.25, -0.2) is 0 Å². The van der Waals surface area contributed by atoms with Crippen LogP contribution in [-0.4, -0.2) is 0 Å². The van der Waals surface area contributed by atoms with E-state index in [1.807, 2.05) is 0 Å². The van der Waals surface area contributed by atoms with Gasteiger partial charge < -0.3 is 0 Å². The molecule has 0 aromatic carbocycles. The molecule has 0 unspecified atom stereocenters. The molecule has 0 N–H and O–H groups in total. The highest BCUT2D eigenvalue weighted by atomic mass is 13.9. The maximum absolute atomic E-state index is 2.26. The van der Waals surface area contributed by atoms with Crippen molar-refractivity contribution in [3.63, 3.8) is 0 Å². The van der Waals surface area contributed by atoms with Gasteiger partial charge >= 0.3 is 0 Å². The highest BCUT2D eigenvalue weighted by Gasteiger charge is 1.79. The van der Waals surface area contributed by atoms with E-state index < -0.39 is 0 Å². The van der Waals surface area contributed by atoms with Crippen LogP contribution < -0.4 is 0 Å². The summed E-state index contributed by atoms with van der Waals surface area (Å²) in [5, 5.41) is 0. The van der Waals surface area contributed by atoms with Crippen molar-refractivity contribution in [1.82, 2.24) is 0 Å². The first-order valence-corrected chi connectivity index (χ1v) is 5.12. The minimum atomic E-state index is 1.09. The van der Waals surface area contributed by atoms with E-state index in [0.29, 0.717) is 0 Å². The third-order valence-corrected chi connectivity index (χ3v) is 1.99. The van der Waals surface area contributed by atoms with Crippen molar-refractivity contribution in [2.45, 2.75) is 32.1 Å². The molecule has 0 heterocycles. The molecule has 0 aliphatic heterocycles. The van der Waals surface area contributed by atoms with Crippen molar-refractivity contribution < 1.29 is 0 Å². The summed E-state index contributed by atoms with van der Waals surface area (Å²) in [6, 6.07) is 0. The number of hydrogen-bond donors (Lipinski definition) is 0. The normalized spacial score (nSPS) is 28.9. The van der Waals surface area contributed by atoms with Crippen LogP contribution in [0.3, 0.4) is 0 Å². The molecule has 0 atom stereocenters. The highest BCUT2D eigenvalue weighted by molar-refractivity contribution is 5.04. The Morgan fingerprint density at radius 1 is 0.462 bits per heavy atom. The Balaban J connectivity index is 2.38. The molecule has 0 fully saturated rings. The predicted molar refractivity (Wildman–Crippen MR) is 59.6 cm³/mol. The molecule has 0 spiro atoms. The van der Waals surface area contributed by atoms with Gasteiger partial charge in [0.1, 0.15) is 0 Å². The zero-order valence-electron chi connectivity index (χ0n) is 8.15. The summed E-state index contributed by atoms with van der Waals surface area (Å²) in [6.45, 7) is 0. The van der Waals surface area contributed by atoms with Crippen LogP contribution in [0.1, 0.15) is 32.1 Å². The summed E-state index contributed by atoms with van der Waals surface area (Å²) in [4.78, 5) is 0. The molecule has 70 valence electrons. The van der Waals surface area contributed by atoms with E-state index in [9.17, 15) is 0 Å². The molecule has 1 aliphatic carbocycles. The van der Waals surface area contributed by atoms with E-state index in [-0.39, 0.29) is 0 Å². The zero-order chi connectivity index (χ0) is 9.19. The largest absolute Gasteiger partial charge is 0.0879 e. The minimum Gasteiger partial charge on any atom is -0.0879 e. The van der Waals surface area contributed by atoms with Crippen LogP contribution >= 0.6 is 0 Å². The maximum Gasteiger partial charge on any atom is -0.0169 e. The average Bonchev–Trinajstić information content (AvgIpc) is 2.18. The average molecular weight is 174 g/mol. The second kappa shape index (κ2) is 7.60. The summed E-state index contributed by atoms with van der Waals surface area (Å²) in [6.07, 6.45) is 23.5. The fourth-order valence-corrected chi connectivity index (χ4v) is 1.24. The zero-order valence-corrected chi connectivity index (χ0v) is 8.15. The Kier molecular flexibility index (Phi) is 5.87. The van der Waals surface area contributed by atoms with Crippen molar-refractivity contribution in [3.05, 3.63) is 48.6 Å². The lowest BCUT2D eigenvalue weighted by molar-refractivity contribution is 1.04. The van der Waals surface area contributed by atoms with Crippen LogP contribution in [0.15, 0.2) is 48.6 Å². The second-order valence-corrected chi connectivity index (χ2v) is 3.19. The Bertz CT molecular complexity index is 192. The van der Waals surface area contributed by atoms with Gasteiger partial charge in [0.2, 0.25) is 0 Å². The lowest BCUT2D eigenvalue weighted by Crippen LogP contribution is -1.64. The van der Waals surface area contributed by atoms with Gasteiger partial charge in [-0.05, 0) is 32.1 Å². The first kappa shape index (κ1) is 10.0. The first-order chi connectivity index (χ1) is 6.50. The van der Waals surface area contributed by atoms with Gasteiger partial charge in [-0.3, -0.25) is 0 Å². The molecule has 1 aliphatic rings. The standard InChI is InChI=1S/C13H18/c1-2-4-6-8-10-12-13-11-9-7-5-3-1/h1-4,9-12H,5-8,13H2/b3-1-,4-2+,11-9+,12-10-. The van der Waals surface area contributed by atoms with Gasteiger partial charge in [0.25, 0.3) is 0 Å². The Labute approximate surface area is 81.4 Å². The maximum atomic E-state index is 2.26. The van der Waals surface area contributed by atoms with Gasteiger partial charge in [0.15, 0.2) is 0 Å². The highest BCUT2D eigenvalue weighted by Crippen LogP contribution is 1.99. The molecule has 0 nitrogen and oxygen atoms in total. The summed E-state index contributed by atoms with van der Waals surface area (Å²) < 4.78 is 0. The topological polar surface area (TPSA) is 0 Å². The Hall–Kier alpha value is -1.04. The third-order valence-electron chi connectivity index (χ3n) is 1.99. The number of hydrogen-bond acceptors (Lipinski definition) is 0. The van der Waals surface area contributed by atoms with Gasteiger partial charge in [-0.15, -0.1) is 0 Å². The Morgan fingerprint density at radius 3 is 1.46 bits per heavy atom. The molecule has 0 heteroatoms. The molecular weight excluding hydrogens is 156 g/mol. The van der Waals surface area contributed by atoms with Crippen LogP contribution in [0, 0.1) is 0 Å². The molecule has 0 saturated carbocycles. The fourth-order valence-electron chi connectivity index (χ4n) is 1.24. The molecular formula is C13H18. The lowest BCUT2D eigenvalue weighted by Gasteiger charge is -1.85. The molecule has 1 rings (SSSR count). The molecule has 0 saturated heterocycles. The summed E-state index contributed by atoms with van der Waals surface area (Å²) in [5.41, 5.74) is 0.